The molecule has 0 aliphatic heterocycles. The number of hydrogen-bond donors (Lipinski definition) is 0. The molecule has 10 aromatic carbocycles. The molecule has 0 aliphatic rings. The molecule has 0 atom stereocenters. The van der Waals surface area contributed by atoms with Gasteiger partial charge in [0.15, 0.2) is 11.6 Å². The van der Waals surface area contributed by atoms with Gasteiger partial charge in [-0.3, -0.25) is 4.57 Å². The first-order valence-corrected chi connectivity index (χ1v) is 20.3. The molecular formula is C55H32N4O. The van der Waals surface area contributed by atoms with Crippen LogP contribution in [0.3, 0.4) is 0 Å². The number of para-hydroxylation sites is 1. The summed E-state index contributed by atoms with van der Waals surface area (Å²) in [5, 5.41) is 13.9. The molecule has 0 saturated heterocycles. The second kappa shape index (κ2) is 12.7. The van der Waals surface area contributed by atoms with E-state index in [4.69, 9.17) is 19.4 Å². The highest BCUT2D eigenvalue weighted by Gasteiger charge is 2.25. The Balaban J connectivity index is 1.19. The van der Waals surface area contributed by atoms with Crippen LogP contribution in [0.1, 0.15) is 0 Å². The van der Waals surface area contributed by atoms with Crippen molar-refractivity contribution in [3.8, 4) is 39.9 Å². The van der Waals surface area contributed by atoms with Crippen molar-refractivity contribution in [2.24, 2.45) is 0 Å². The monoisotopic (exact) mass is 764 g/mol. The lowest BCUT2D eigenvalue weighted by Gasteiger charge is -2.14. The standard InChI is InChI=1S/C55H32N4O/c1-2-15-35(16-3-1)53-56-54(38-26-25-33-13-4-5-17-36(33)31-38)58-55(57-53)59-51-40(37-28-29-47-46(32-37)49-39-18-7-6-14-34(39)27-30-48(49)60-47)23-12-24-45(51)50-43-21-10-8-19-41(43)42-20-9-11-22-44(42)52(50)59/h1-32H. The summed E-state index contributed by atoms with van der Waals surface area (Å²) in [6.45, 7) is 0. The minimum atomic E-state index is 0.556. The maximum atomic E-state index is 6.48. The zero-order valence-electron chi connectivity index (χ0n) is 32.2. The molecule has 0 saturated carbocycles. The van der Waals surface area contributed by atoms with E-state index in [0.29, 0.717) is 17.6 Å². The van der Waals surface area contributed by atoms with E-state index in [0.717, 1.165) is 76.8 Å². The molecule has 5 nitrogen and oxygen atoms in total. The first kappa shape index (κ1) is 32.9. The van der Waals surface area contributed by atoms with Crippen LogP contribution in [0, 0.1) is 0 Å². The Hall–Kier alpha value is -8.15. The lowest BCUT2D eigenvalue weighted by Crippen LogP contribution is -2.07. The van der Waals surface area contributed by atoms with Crippen molar-refractivity contribution in [2.45, 2.75) is 0 Å². The Morgan fingerprint density at radius 1 is 0.333 bits per heavy atom. The quantitative estimate of drug-likeness (QED) is 0.167. The summed E-state index contributed by atoms with van der Waals surface area (Å²) in [4.78, 5) is 16.0. The maximum Gasteiger partial charge on any atom is 0.238 e. The summed E-state index contributed by atoms with van der Waals surface area (Å²) in [7, 11) is 0. The number of furan rings is 1. The highest BCUT2D eigenvalue weighted by molar-refractivity contribution is 6.33. The molecule has 0 fully saturated rings. The fraction of sp³-hybridized carbons (Fsp3) is 0. The van der Waals surface area contributed by atoms with Crippen molar-refractivity contribution in [2.75, 3.05) is 0 Å². The Bertz CT molecular complexity index is 3900. The van der Waals surface area contributed by atoms with Crippen LogP contribution in [0.5, 0.6) is 0 Å². The van der Waals surface area contributed by atoms with E-state index in [2.05, 4.69) is 180 Å². The zero-order chi connectivity index (χ0) is 39.3. The first-order chi connectivity index (χ1) is 29.7. The van der Waals surface area contributed by atoms with Gasteiger partial charge in [-0.05, 0) is 67.5 Å². The number of benzene rings is 10. The van der Waals surface area contributed by atoms with Gasteiger partial charge in [-0.25, -0.2) is 4.98 Å². The van der Waals surface area contributed by atoms with E-state index in [1.54, 1.807) is 0 Å². The lowest BCUT2D eigenvalue weighted by atomic mass is 9.95. The van der Waals surface area contributed by atoms with E-state index < -0.39 is 0 Å². The molecule has 0 bridgehead atoms. The molecule has 13 aromatic rings. The normalized spacial score (nSPS) is 12.0. The maximum absolute atomic E-state index is 6.48. The van der Waals surface area contributed by atoms with Crippen LogP contribution in [0.4, 0.5) is 0 Å². The molecule has 0 spiro atoms. The molecule has 13 rings (SSSR count). The summed E-state index contributed by atoms with van der Waals surface area (Å²) in [6, 6.07) is 68.6. The molecule has 3 aromatic heterocycles. The van der Waals surface area contributed by atoms with E-state index in [9.17, 15) is 0 Å². The second-order valence-electron chi connectivity index (χ2n) is 15.5. The Morgan fingerprint density at radius 2 is 0.950 bits per heavy atom. The Labute approximate surface area is 343 Å². The predicted molar refractivity (Wildman–Crippen MR) is 248 cm³/mol. The van der Waals surface area contributed by atoms with Crippen molar-refractivity contribution in [3.63, 3.8) is 0 Å². The van der Waals surface area contributed by atoms with E-state index >= 15 is 0 Å². The lowest BCUT2D eigenvalue weighted by molar-refractivity contribution is 0.669. The molecule has 278 valence electrons. The van der Waals surface area contributed by atoms with Gasteiger partial charge < -0.3 is 4.42 Å². The van der Waals surface area contributed by atoms with Crippen LogP contribution in [-0.2, 0) is 0 Å². The smallest absolute Gasteiger partial charge is 0.238 e. The summed E-state index contributed by atoms with van der Waals surface area (Å²) in [5.74, 6) is 1.78. The van der Waals surface area contributed by atoms with Crippen LogP contribution in [0.25, 0.3) is 127 Å². The fourth-order valence-electron chi connectivity index (χ4n) is 9.51. The third-order valence-electron chi connectivity index (χ3n) is 12.2. The van der Waals surface area contributed by atoms with Crippen LogP contribution in [0.15, 0.2) is 199 Å². The molecule has 0 amide bonds. The van der Waals surface area contributed by atoms with Gasteiger partial charge in [-0.2, -0.15) is 9.97 Å². The third kappa shape index (κ3) is 4.84. The largest absolute Gasteiger partial charge is 0.456 e. The van der Waals surface area contributed by atoms with Crippen LogP contribution in [-0.4, -0.2) is 19.5 Å². The average molecular weight is 765 g/mol. The molecule has 5 heteroatoms. The van der Waals surface area contributed by atoms with Crippen molar-refractivity contribution >= 4 is 86.8 Å². The minimum absolute atomic E-state index is 0.556. The molecular weight excluding hydrogens is 733 g/mol. The van der Waals surface area contributed by atoms with E-state index in [1.807, 2.05) is 18.2 Å². The molecule has 0 N–H and O–H groups in total. The molecule has 0 aliphatic carbocycles. The van der Waals surface area contributed by atoms with E-state index in [1.165, 1.54) is 32.3 Å². The number of hydrogen-bond acceptors (Lipinski definition) is 4. The Morgan fingerprint density at radius 3 is 1.78 bits per heavy atom. The molecule has 0 unspecified atom stereocenters. The van der Waals surface area contributed by atoms with Gasteiger partial charge >= 0.3 is 0 Å². The van der Waals surface area contributed by atoms with Crippen LogP contribution >= 0.6 is 0 Å². The first-order valence-electron chi connectivity index (χ1n) is 20.3. The predicted octanol–water partition coefficient (Wildman–Crippen LogP) is 14.5. The van der Waals surface area contributed by atoms with Gasteiger partial charge in [-0.1, -0.05) is 170 Å². The molecule has 3 heterocycles. The summed E-state index contributed by atoms with van der Waals surface area (Å²) in [5.41, 5.74) is 7.82. The highest BCUT2D eigenvalue weighted by atomic mass is 16.3. The van der Waals surface area contributed by atoms with Gasteiger partial charge in [0.25, 0.3) is 0 Å². The molecule has 60 heavy (non-hydrogen) atoms. The average Bonchev–Trinajstić information content (AvgIpc) is 3.88. The topological polar surface area (TPSA) is 56.7 Å². The van der Waals surface area contributed by atoms with Gasteiger partial charge in [0.1, 0.15) is 11.2 Å². The van der Waals surface area contributed by atoms with Crippen molar-refractivity contribution in [1.29, 1.82) is 0 Å². The summed E-state index contributed by atoms with van der Waals surface area (Å²) in [6.07, 6.45) is 0. The Kier molecular flexibility index (Phi) is 6.95. The number of nitrogens with zero attached hydrogens (tertiary/aromatic N) is 4. The van der Waals surface area contributed by atoms with Gasteiger partial charge in [-0.15, -0.1) is 0 Å². The van der Waals surface area contributed by atoms with Crippen molar-refractivity contribution in [3.05, 3.63) is 194 Å². The van der Waals surface area contributed by atoms with E-state index in [-0.39, 0.29) is 0 Å². The zero-order valence-corrected chi connectivity index (χ0v) is 32.2. The number of aromatic nitrogens is 4. The summed E-state index contributed by atoms with van der Waals surface area (Å²) >= 11 is 0. The number of fused-ring (bicyclic) bond motifs is 14. The third-order valence-corrected chi connectivity index (χ3v) is 12.2. The SMILES string of the molecule is c1ccc(-c2nc(-c3ccc4ccccc4c3)nc(-n3c4c(-c5ccc6oc7ccc8ccccc8c7c6c5)cccc4c4c5ccccc5c5ccccc5c43)n2)cc1. The van der Waals surface area contributed by atoms with Crippen molar-refractivity contribution in [1.82, 2.24) is 19.5 Å². The van der Waals surface area contributed by atoms with Gasteiger partial charge in [0, 0.05) is 43.6 Å². The number of rotatable bonds is 4. The van der Waals surface area contributed by atoms with Gasteiger partial charge in [0.05, 0.1) is 11.0 Å². The summed E-state index contributed by atoms with van der Waals surface area (Å²) < 4.78 is 8.79. The minimum Gasteiger partial charge on any atom is -0.456 e. The molecule has 0 radical (unpaired) electrons. The highest BCUT2D eigenvalue weighted by Crippen LogP contribution is 2.46. The van der Waals surface area contributed by atoms with Crippen LogP contribution < -0.4 is 0 Å². The van der Waals surface area contributed by atoms with Crippen molar-refractivity contribution < 1.29 is 4.42 Å². The van der Waals surface area contributed by atoms with Crippen LogP contribution in [0.2, 0.25) is 0 Å². The second-order valence-corrected chi connectivity index (χ2v) is 15.5. The van der Waals surface area contributed by atoms with Gasteiger partial charge in [0.2, 0.25) is 5.95 Å². The fourth-order valence-corrected chi connectivity index (χ4v) is 9.51.